The second-order valence-electron chi connectivity index (χ2n) is 12.0. The first-order chi connectivity index (χ1) is 21.8. The fraction of sp³-hybridized carbons (Fsp3) is 0.355. The van der Waals surface area contributed by atoms with Crippen molar-refractivity contribution in [2.45, 2.75) is 37.3 Å². The van der Waals surface area contributed by atoms with Crippen molar-refractivity contribution in [2.75, 3.05) is 43.8 Å². The van der Waals surface area contributed by atoms with E-state index in [2.05, 4.69) is 20.2 Å². The molecule has 3 saturated heterocycles. The number of amides is 2. The average Bonchev–Trinajstić information content (AvgIpc) is 3.79. The third-order valence-electron chi connectivity index (χ3n) is 9.34. The lowest BCUT2D eigenvalue weighted by atomic mass is 9.92. The highest BCUT2D eigenvalue weighted by Crippen LogP contribution is 2.45. The summed E-state index contributed by atoms with van der Waals surface area (Å²) in [6, 6.07) is 5.68. The van der Waals surface area contributed by atoms with E-state index in [0.717, 1.165) is 50.1 Å². The lowest BCUT2D eigenvalue weighted by Crippen LogP contribution is -2.58. The number of nitrogens with one attached hydrogen (secondary N) is 1. The van der Waals surface area contributed by atoms with Gasteiger partial charge in [0.1, 0.15) is 23.8 Å². The molecule has 14 heteroatoms. The minimum atomic E-state index is -0.646. The van der Waals surface area contributed by atoms with Gasteiger partial charge in [0.2, 0.25) is 0 Å². The molecule has 6 heterocycles. The van der Waals surface area contributed by atoms with Gasteiger partial charge in [0, 0.05) is 35.2 Å². The molecule has 0 spiro atoms. The van der Waals surface area contributed by atoms with Crippen LogP contribution in [0, 0.1) is 11.6 Å². The first-order valence-corrected chi connectivity index (χ1v) is 15.7. The molecule has 0 radical (unpaired) electrons. The number of nitrogens with two attached hydrogens (primary N) is 2. The monoisotopic (exact) mass is 632 g/mol. The predicted octanol–water partition coefficient (Wildman–Crippen LogP) is 5.21. The molecule has 3 aliphatic heterocycles. The van der Waals surface area contributed by atoms with Gasteiger partial charge in [-0.3, -0.25) is 4.90 Å². The highest BCUT2D eigenvalue weighted by atomic mass is 32.1. The Bertz CT molecular complexity index is 1950. The zero-order valence-electron chi connectivity index (χ0n) is 24.2. The van der Waals surface area contributed by atoms with Gasteiger partial charge < -0.3 is 30.8 Å². The zero-order chi connectivity index (χ0) is 30.9. The summed E-state index contributed by atoms with van der Waals surface area (Å²) < 4.78 is 43.8. The van der Waals surface area contributed by atoms with Crippen molar-refractivity contribution < 1.29 is 22.7 Å². The average molecular weight is 633 g/mol. The highest BCUT2D eigenvalue weighted by molar-refractivity contribution is 7.22. The van der Waals surface area contributed by atoms with Gasteiger partial charge in [-0.05, 0) is 68.6 Å². The number of carbonyl (C=O) groups excluding carboxylic acids is 1. The number of ether oxygens (including phenoxy) is 1. The zero-order valence-corrected chi connectivity index (χ0v) is 25.0. The number of aromatic nitrogens is 3. The first-order valence-electron chi connectivity index (χ1n) is 14.9. The summed E-state index contributed by atoms with van der Waals surface area (Å²) >= 11 is 1.00. The second-order valence-corrected chi connectivity index (χ2v) is 13.0. The first kappa shape index (κ1) is 28.0. The number of likely N-dealkylation sites (tertiary alicyclic amines) is 1. The summed E-state index contributed by atoms with van der Waals surface area (Å²) in [5.74, 6) is -0.766. The van der Waals surface area contributed by atoms with Crippen LogP contribution in [-0.2, 0) is 0 Å². The van der Waals surface area contributed by atoms with Crippen LogP contribution in [0.25, 0.3) is 43.4 Å². The van der Waals surface area contributed by atoms with Crippen LogP contribution in [0.2, 0.25) is 0 Å². The Labute approximate surface area is 260 Å². The quantitative estimate of drug-likeness (QED) is 0.220. The minimum Gasteiger partial charge on any atom is -0.472 e. The van der Waals surface area contributed by atoms with Crippen molar-refractivity contribution in [3.63, 3.8) is 0 Å². The van der Waals surface area contributed by atoms with Crippen LogP contribution in [0.5, 0.6) is 6.01 Å². The molecule has 0 atom stereocenters. The molecular formula is C31H30F2N8O3S. The van der Waals surface area contributed by atoms with E-state index in [9.17, 15) is 9.18 Å². The smallest absolute Gasteiger partial charge is 0.319 e. The standard InChI is InChI=1S/C31H30F2N8O3S/c32-21-4-3-18(25-26(21)45-28(34)37-25)22-19(16-5-10-43-14-16)11-20-24(23(22)33)38-30(39-27(20)36-17-12-40(13-17)29(35)42)44-15-31-6-1-8-41(31)9-2-7-31/h3-5,10-11,14,17H,1-2,6-9,12-13,15H2,(H2,34,37)(H2,35,42)(H,36,38,39). The van der Waals surface area contributed by atoms with Crippen molar-refractivity contribution in [1.29, 1.82) is 0 Å². The third kappa shape index (κ3) is 4.62. The molecule has 45 heavy (non-hydrogen) atoms. The van der Waals surface area contributed by atoms with Crippen molar-refractivity contribution >= 4 is 49.4 Å². The number of fused-ring (bicyclic) bond motifs is 3. The van der Waals surface area contributed by atoms with E-state index in [1.165, 1.54) is 29.6 Å². The summed E-state index contributed by atoms with van der Waals surface area (Å²) in [4.78, 5) is 29.3. The van der Waals surface area contributed by atoms with Gasteiger partial charge in [-0.15, -0.1) is 0 Å². The number of hydrogen-bond donors (Lipinski definition) is 3. The van der Waals surface area contributed by atoms with Crippen LogP contribution < -0.4 is 21.5 Å². The molecule has 0 bridgehead atoms. The number of furan rings is 1. The molecular weight excluding hydrogens is 602 g/mol. The maximum Gasteiger partial charge on any atom is 0.319 e. The molecule has 8 rings (SSSR count). The number of primary amides is 1. The maximum absolute atomic E-state index is 17.1. The van der Waals surface area contributed by atoms with Gasteiger partial charge in [0.15, 0.2) is 10.9 Å². The van der Waals surface area contributed by atoms with Crippen LogP contribution in [0.1, 0.15) is 25.7 Å². The Hall–Kier alpha value is -4.56. The number of halogens is 2. The fourth-order valence-corrected chi connectivity index (χ4v) is 7.85. The topological polar surface area (TPSA) is 149 Å². The summed E-state index contributed by atoms with van der Waals surface area (Å²) in [7, 11) is 0. The predicted molar refractivity (Wildman–Crippen MR) is 167 cm³/mol. The van der Waals surface area contributed by atoms with Crippen LogP contribution in [0.3, 0.4) is 0 Å². The number of nitrogen functional groups attached to an aromatic ring is 1. The molecule has 2 aromatic carbocycles. The Kier molecular flexibility index (Phi) is 6.53. The van der Waals surface area contributed by atoms with E-state index in [4.69, 9.17) is 25.6 Å². The van der Waals surface area contributed by atoms with Crippen LogP contribution in [-0.4, -0.2) is 75.1 Å². The lowest BCUT2D eigenvalue weighted by molar-refractivity contribution is 0.108. The summed E-state index contributed by atoms with van der Waals surface area (Å²) in [5.41, 5.74) is 13.3. The number of urea groups is 1. The number of anilines is 2. The van der Waals surface area contributed by atoms with Gasteiger partial charge in [-0.25, -0.2) is 18.6 Å². The number of carbonyl (C=O) groups is 1. The van der Waals surface area contributed by atoms with Crippen LogP contribution >= 0.6 is 11.3 Å². The minimum absolute atomic E-state index is 0.0312. The van der Waals surface area contributed by atoms with E-state index in [1.807, 2.05) is 0 Å². The molecule has 2 amide bonds. The Morgan fingerprint density at radius 1 is 1.11 bits per heavy atom. The third-order valence-corrected chi connectivity index (χ3v) is 10.2. The highest BCUT2D eigenvalue weighted by Gasteiger charge is 2.45. The molecule has 0 aliphatic carbocycles. The van der Waals surface area contributed by atoms with Gasteiger partial charge in [0.25, 0.3) is 0 Å². The summed E-state index contributed by atoms with van der Waals surface area (Å²) in [6.45, 7) is 3.23. The van der Waals surface area contributed by atoms with Crippen molar-refractivity contribution in [3.8, 4) is 28.3 Å². The molecule has 5 N–H and O–H groups in total. The molecule has 3 aromatic heterocycles. The van der Waals surface area contributed by atoms with Crippen molar-refractivity contribution in [2.24, 2.45) is 5.73 Å². The van der Waals surface area contributed by atoms with Gasteiger partial charge in [0.05, 0.1) is 34.3 Å². The van der Waals surface area contributed by atoms with Crippen LogP contribution in [0.15, 0.2) is 41.2 Å². The molecule has 0 saturated carbocycles. The second kappa shape index (κ2) is 10.5. The van der Waals surface area contributed by atoms with Gasteiger partial charge in [-0.2, -0.15) is 9.97 Å². The number of benzene rings is 2. The Morgan fingerprint density at radius 2 is 1.91 bits per heavy atom. The molecule has 0 unspecified atom stereocenters. The SMILES string of the molecule is NC(=O)N1CC(Nc2nc(OCC34CCCN3CCC4)nc3c(F)c(-c4ccc(F)c5sc(N)nc45)c(-c4ccoc4)cc23)C1. The van der Waals surface area contributed by atoms with E-state index < -0.39 is 17.7 Å². The molecule has 3 fully saturated rings. The number of hydrogen-bond acceptors (Lipinski definition) is 10. The van der Waals surface area contributed by atoms with Crippen molar-refractivity contribution in [3.05, 3.63) is 48.4 Å². The number of nitrogens with zero attached hydrogens (tertiary/aromatic N) is 5. The summed E-state index contributed by atoms with van der Waals surface area (Å²) in [6.07, 6.45) is 7.28. The van der Waals surface area contributed by atoms with E-state index in [0.29, 0.717) is 47.6 Å². The van der Waals surface area contributed by atoms with Gasteiger partial charge >= 0.3 is 12.0 Å². The van der Waals surface area contributed by atoms with Crippen LogP contribution in [0.4, 0.5) is 24.5 Å². The number of thiazole rings is 1. The molecule has 11 nitrogen and oxygen atoms in total. The fourth-order valence-electron chi connectivity index (χ4n) is 7.09. The van der Waals surface area contributed by atoms with E-state index in [-0.39, 0.29) is 44.0 Å². The van der Waals surface area contributed by atoms with E-state index in [1.54, 1.807) is 12.1 Å². The van der Waals surface area contributed by atoms with Crippen molar-refractivity contribution in [1.82, 2.24) is 24.8 Å². The Morgan fingerprint density at radius 3 is 2.64 bits per heavy atom. The lowest BCUT2D eigenvalue weighted by Gasteiger charge is -2.38. The maximum atomic E-state index is 17.1. The normalized spacial score (nSPS) is 18.0. The van der Waals surface area contributed by atoms with Gasteiger partial charge in [-0.1, -0.05) is 11.3 Å². The number of rotatable bonds is 7. The summed E-state index contributed by atoms with van der Waals surface area (Å²) in [5, 5.41) is 3.94. The molecule has 3 aliphatic rings. The van der Waals surface area contributed by atoms with E-state index >= 15 is 4.39 Å². The molecule has 232 valence electrons. The Balaban J connectivity index is 1.30. The largest absolute Gasteiger partial charge is 0.472 e. The molecule has 5 aromatic rings.